The Morgan fingerprint density at radius 1 is 1.20 bits per heavy atom. The van der Waals surface area contributed by atoms with Crippen LogP contribution in [0.1, 0.15) is 11.5 Å². The molecule has 1 aliphatic rings. The average Bonchev–Trinajstić information content (AvgIpc) is 3.07. The van der Waals surface area contributed by atoms with Crippen molar-refractivity contribution >= 4 is 5.91 Å². The number of aromatic nitrogens is 2. The summed E-state index contributed by atoms with van der Waals surface area (Å²) in [5, 5.41) is 5.11. The van der Waals surface area contributed by atoms with Gasteiger partial charge in [-0.15, -0.1) is 0 Å². The van der Waals surface area contributed by atoms with Crippen molar-refractivity contribution in [2.75, 3.05) is 26.3 Å². The molecule has 1 aromatic heterocycles. The van der Waals surface area contributed by atoms with E-state index < -0.39 is 12.1 Å². The van der Waals surface area contributed by atoms with Crippen LogP contribution in [0.3, 0.4) is 0 Å². The van der Waals surface area contributed by atoms with E-state index in [1.54, 1.807) is 29.3 Å². The lowest BCUT2D eigenvalue weighted by Crippen LogP contribution is -2.48. The van der Waals surface area contributed by atoms with Gasteiger partial charge in [0.1, 0.15) is 0 Å². The van der Waals surface area contributed by atoms with E-state index in [1.165, 1.54) is 0 Å². The van der Waals surface area contributed by atoms with Gasteiger partial charge in [-0.2, -0.15) is 18.2 Å². The van der Waals surface area contributed by atoms with Crippen LogP contribution >= 0.6 is 0 Å². The quantitative estimate of drug-likeness (QED) is 0.898. The maximum atomic E-state index is 12.5. The van der Waals surface area contributed by atoms with E-state index in [4.69, 9.17) is 4.74 Å². The van der Waals surface area contributed by atoms with Crippen LogP contribution in [0.5, 0.6) is 0 Å². The number of hydrogen-bond acceptors (Lipinski definition) is 6. The summed E-state index contributed by atoms with van der Waals surface area (Å²) in [5.41, 5.74) is 3.87. The fourth-order valence-electron chi connectivity index (χ4n) is 2.30. The molecule has 0 atom stereocenters. The van der Waals surface area contributed by atoms with Gasteiger partial charge in [-0.3, -0.25) is 10.2 Å². The average molecular weight is 356 g/mol. The second-order valence-electron chi connectivity index (χ2n) is 5.43. The predicted octanol–water partition coefficient (Wildman–Crippen LogP) is 1.66. The van der Waals surface area contributed by atoms with E-state index in [1.807, 2.05) is 0 Å². The highest BCUT2D eigenvalue weighted by molar-refractivity contribution is 5.78. The van der Waals surface area contributed by atoms with E-state index in [0.717, 1.165) is 0 Å². The zero-order valence-corrected chi connectivity index (χ0v) is 13.0. The van der Waals surface area contributed by atoms with Crippen LogP contribution in [0.25, 0.3) is 11.4 Å². The molecule has 3 rings (SSSR count). The van der Waals surface area contributed by atoms with Crippen LogP contribution in [-0.4, -0.2) is 47.4 Å². The number of ether oxygens (including phenoxy) is 1. The second kappa shape index (κ2) is 7.19. The van der Waals surface area contributed by atoms with E-state index in [-0.39, 0.29) is 18.2 Å². The largest absolute Gasteiger partial charge is 0.471 e. The Labute approximate surface area is 140 Å². The number of amides is 1. The standard InChI is InChI=1S/C15H15F3N4O3/c16-15(17,18)14-19-13(21-25-14)11-3-1-10(2-4-11)9-12(23)20-22-5-7-24-8-6-22/h1-4H,5-9H2,(H,20,23). The lowest BCUT2D eigenvalue weighted by Gasteiger charge is -2.26. The Morgan fingerprint density at radius 3 is 2.48 bits per heavy atom. The minimum absolute atomic E-state index is 0.150. The Hall–Kier alpha value is -2.46. The van der Waals surface area contributed by atoms with Gasteiger partial charge in [-0.05, 0) is 5.56 Å². The van der Waals surface area contributed by atoms with Crippen LogP contribution in [0, 0.1) is 0 Å². The molecule has 0 aliphatic carbocycles. The summed E-state index contributed by atoms with van der Waals surface area (Å²) in [7, 11) is 0. The zero-order chi connectivity index (χ0) is 17.9. The molecule has 0 saturated carbocycles. The van der Waals surface area contributed by atoms with Gasteiger partial charge in [0.25, 0.3) is 0 Å². The number of nitrogens with zero attached hydrogens (tertiary/aromatic N) is 3. The Kier molecular flexibility index (Phi) is 5.00. The van der Waals surface area contributed by atoms with Crippen LogP contribution in [0.15, 0.2) is 28.8 Å². The number of carbonyl (C=O) groups excluding carboxylic acids is 1. The third-order valence-corrected chi connectivity index (χ3v) is 3.54. The van der Waals surface area contributed by atoms with Crippen LogP contribution in [0.4, 0.5) is 13.2 Å². The van der Waals surface area contributed by atoms with Crippen LogP contribution < -0.4 is 5.43 Å². The second-order valence-corrected chi connectivity index (χ2v) is 5.43. The van der Waals surface area contributed by atoms with Crippen molar-refractivity contribution in [1.29, 1.82) is 0 Å². The summed E-state index contributed by atoms with van der Waals surface area (Å²) in [6.45, 7) is 2.40. The van der Waals surface area contributed by atoms with E-state index in [0.29, 0.717) is 37.4 Å². The summed E-state index contributed by atoms with van der Waals surface area (Å²) in [4.78, 5) is 15.3. The van der Waals surface area contributed by atoms with E-state index in [9.17, 15) is 18.0 Å². The van der Waals surface area contributed by atoms with Crippen molar-refractivity contribution in [2.24, 2.45) is 0 Å². The molecular formula is C15H15F3N4O3. The molecule has 1 saturated heterocycles. The first kappa shape index (κ1) is 17.4. The van der Waals surface area contributed by atoms with Crippen molar-refractivity contribution in [1.82, 2.24) is 20.6 Å². The summed E-state index contributed by atoms with van der Waals surface area (Å²) < 4.78 is 46.8. The SMILES string of the molecule is O=C(Cc1ccc(-c2noc(C(F)(F)F)n2)cc1)NN1CCOCC1. The number of nitrogens with one attached hydrogen (secondary N) is 1. The number of carbonyl (C=O) groups is 1. The van der Waals surface area contributed by atoms with Gasteiger partial charge in [-0.25, -0.2) is 5.01 Å². The lowest BCUT2D eigenvalue weighted by atomic mass is 10.1. The molecule has 1 N–H and O–H groups in total. The Bertz CT molecular complexity index is 724. The van der Waals surface area contributed by atoms with Gasteiger partial charge in [0, 0.05) is 18.7 Å². The number of morpholine rings is 1. The van der Waals surface area contributed by atoms with Crippen molar-refractivity contribution < 1.29 is 27.2 Å². The molecule has 1 aliphatic heterocycles. The first-order chi connectivity index (χ1) is 11.9. The molecule has 10 heteroatoms. The van der Waals surface area contributed by atoms with Crippen molar-refractivity contribution in [3.05, 3.63) is 35.7 Å². The molecule has 0 unspecified atom stereocenters. The van der Waals surface area contributed by atoms with Gasteiger partial charge < -0.3 is 9.26 Å². The van der Waals surface area contributed by atoms with E-state index in [2.05, 4.69) is 20.1 Å². The molecular weight excluding hydrogens is 341 g/mol. The maximum Gasteiger partial charge on any atom is 0.471 e. The number of rotatable bonds is 4. The van der Waals surface area contributed by atoms with Crippen molar-refractivity contribution in [2.45, 2.75) is 12.6 Å². The first-order valence-electron chi connectivity index (χ1n) is 7.54. The molecule has 1 aromatic carbocycles. The zero-order valence-electron chi connectivity index (χ0n) is 13.0. The molecule has 2 aromatic rings. The summed E-state index contributed by atoms with van der Waals surface area (Å²) in [6, 6.07) is 6.36. The number of hydrogen-bond donors (Lipinski definition) is 1. The Balaban J connectivity index is 1.60. The van der Waals surface area contributed by atoms with Crippen LogP contribution in [0.2, 0.25) is 0 Å². The van der Waals surface area contributed by atoms with Gasteiger partial charge in [-0.1, -0.05) is 29.4 Å². The molecule has 1 amide bonds. The van der Waals surface area contributed by atoms with Gasteiger partial charge in [0.05, 0.1) is 19.6 Å². The first-order valence-corrected chi connectivity index (χ1v) is 7.54. The summed E-state index contributed by atoms with van der Waals surface area (Å²) >= 11 is 0. The third kappa shape index (κ3) is 4.54. The maximum absolute atomic E-state index is 12.5. The number of alkyl halides is 3. The van der Waals surface area contributed by atoms with Crippen molar-refractivity contribution in [3.8, 4) is 11.4 Å². The van der Waals surface area contributed by atoms with Gasteiger partial charge in [0.15, 0.2) is 0 Å². The molecule has 1 fully saturated rings. The molecule has 0 spiro atoms. The monoisotopic (exact) mass is 356 g/mol. The smallest absolute Gasteiger partial charge is 0.379 e. The summed E-state index contributed by atoms with van der Waals surface area (Å²) in [5.74, 6) is -1.72. The highest BCUT2D eigenvalue weighted by Gasteiger charge is 2.38. The predicted molar refractivity (Wildman–Crippen MR) is 79.0 cm³/mol. The molecule has 134 valence electrons. The molecule has 0 bridgehead atoms. The highest BCUT2D eigenvalue weighted by Crippen LogP contribution is 2.29. The fourth-order valence-corrected chi connectivity index (χ4v) is 2.30. The minimum atomic E-state index is -4.68. The number of benzene rings is 1. The van der Waals surface area contributed by atoms with Crippen LogP contribution in [-0.2, 0) is 22.1 Å². The van der Waals surface area contributed by atoms with Gasteiger partial charge >= 0.3 is 12.1 Å². The summed E-state index contributed by atoms with van der Waals surface area (Å²) in [6.07, 6.45) is -4.53. The number of hydrazine groups is 1. The van der Waals surface area contributed by atoms with E-state index >= 15 is 0 Å². The topological polar surface area (TPSA) is 80.5 Å². The molecule has 25 heavy (non-hydrogen) atoms. The fraction of sp³-hybridized carbons (Fsp3) is 0.400. The molecule has 7 nitrogen and oxygen atoms in total. The third-order valence-electron chi connectivity index (χ3n) is 3.54. The Morgan fingerprint density at radius 2 is 1.88 bits per heavy atom. The molecule has 0 radical (unpaired) electrons. The minimum Gasteiger partial charge on any atom is -0.379 e. The number of halogens is 3. The molecule has 2 heterocycles. The van der Waals surface area contributed by atoms with Gasteiger partial charge in [0.2, 0.25) is 11.7 Å². The lowest BCUT2D eigenvalue weighted by molar-refractivity contribution is -0.159. The normalized spacial score (nSPS) is 16.0. The van der Waals surface area contributed by atoms with Crippen molar-refractivity contribution in [3.63, 3.8) is 0 Å². The highest BCUT2D eigenvalue weighted by atomic mass is 19.4.